The van der Waals surface area contributed by atoms with Crippen molar-refractivity contribution in [2.75, 3.05) is 18.0 Å². The average molecular weight is 336 g/mol. The maximum Gasteiger partial charge on any atom is 0.0729 e. The van der Waals surface area contributed by atoms with E-state index in [1.54, 1.807) is 0 Å². The van der Waals surface area contributed by atoms with Gasteiger partial charge in [-0.05, 0) is 36.6 Å². The van der Waals surface area contributed by atoms with Crippen molar-refractivity contribution in [1.82, 2.24) is 0 Å². The highest BCUT2D eigenvalue weighted by molar-refractivity contribution is 6.83. The third-order valence-corrected chi connectivity index (χ3v) is 10.9. The number of rotatable bonds is 8. The van der Waals surface area contributed by atoms with Crippen LogP contribution in [0, 0.1) is 0 Å². The fraction of sp³-hybridized carbons (Fsp3) is 0.364. The summed E-state index contributed by atoms with van der Waals surface area (Å²) in [6.07, 6.45) is 20.0. The van der Waals surface area contributed by atoms with Gasteiger partial charge in [-0.1, -0.05) is 79.4 Å². The predicted molar refractivity (Wildman–Crippen MR) is 109 cm³/mol. The minimum atomic E-state index is -1.44. The zero-order chi connectivity index (χ0) is 16.8. The van der Waals surface area contributed by atoms with E-state index in [0.29, 0.717) is 11.1 Å². The van der Waals surface area contributed by atoms with Gasteiger partial charge in [-0.2, -0.15) is 0 Å². The van der Waals surface area contributed by atoms with Gasteiger partial charge in [0.25, 0.3) is 0 Å². The molecule has 0 aliphatic heterocycles. The lowest BCUT2D eigenvalue weighted by molar-refractivity contribution is 0.779. The van der Waals surface area contributed by atoms with Crippen molar-refractivity contribution in [3.8, 4) is 0 Å². The van der Waals surface area contributed by atoms with E-state index in [-0.39, 0.29) is 0 Å². The molecular formula is C22H29NSi. The second-order valence-corrected chi connectivity index (χ2v) is 12.0. The molecule has 0 heterocycles. The van der Waals surface area contributed by atoms with Gasteiger partial charge in [-0.25, -0.2) is 0 Å². The lowest BCUT2D eigenvalue weighted by Crippen LogP contribution is -2.39. The summed E-state index contributed by atoms with van der Waals surface area (Å²) in [6, 6.07) is 12.2. The van der Waals surface area contributed by atoms with Gasteiger partial charge in [0.2, 0.25) is 0 Å². The number of anilines is 1. The van der Waals surface area contributed by atoms with Crippen LogP contribution in [-0.4, -0.2) is 21.2 Å². The summed E-state index contributed by atoms with van der Waals surface area (Å²) in [5.74, 6) is 0. The minimum absolute atomic E-state index is 0.682. The fourth-order valence-corrected chi connectivity index (χ4v) is 8.29. The Bertz CT molecular complexity index is 589. The van der Waals surface area contributed by atoms with E-state index in [2.05, 4.69) is 97.3 Å². The number of allylic oxidation sites excluding steroid dienone is 8. The third kappa shape index (κ3) is 3.64. The highest BCUT2D eigenvalue weighted by atomic mass is 28.3. The summed E-state index contributed by atoms with van der Waals surface area (Å²) in [5.41, 5.74) is 2.72. The lowest BCUT2D eigenvalue weighted by atomic mass is 10.2. The van der Waals surface area contributed by atoms with Gasteiger partial charge in [0.1, 0.15) is 0 Å². The average Bonchev–Trinajstić information content (AvgIpc) is 3.33. The maximum atomic E-state index is 2.60. The second kappa shape index (κ2) is 7.85. The summed E-state index contributed by atoms with van der Waals surface area (Å²) in [5, 5.41) is 0. The van der Waals surface area contributed by atoms with E-state index < -0.39 is 8.07 Å². The number of para-hydroxylation sites is 1. The van der Waals surface area contributed by atoms with Crippen molar-refractivity contribution >= 4 is 13.8 Å². The molecule has 2 aliphatic rings. The molecule has 1 nitrogen and oxygen atoms in total. The predicted octanol–water partition coefficient (Wildman–Crippen LogP) is 5.97. The molecule has 0 fully saturated rings. The zero-order valence-electron chi connectivity index (χ0n) is 14.9. The lowest BCUT2D eigenvalue weighted by Gasteiger charge is -2.37. The molecule has 2 aliphatic carbocycles. The first kappa shape index (κ1) is 17.0. The van der Waals surface area contributed by atoms with E-state index in [1.807, 2.05) is 0 Å². The van der Waals surface area contributed by atoms with Crippen LogP contribution >= 0.6 is 0 Å². The van der Waals surface area contributed by atoms with Gasteiger partial charge in [-0.3, -0.25) is 0 Å². The highest BCUT2D eigenvalue weighted by Gasteiger charge is 2.39. The molecule has 0 atom stereocenters. The Kier molecular flexibility index (Phi) is 5.57. The largest absolute Gasteiger partial charge is 0.372 e. The van der Waals surface area contributed by atoms with Crippen LogP contribution in [0.15, 0.2) is 78.9 Å². The molecule has 0 aromatic heterocycles. The van der Waals surface area contributed by atoms with Crippen LogP contribution in [0.2, 0.25) is 23.7 Å². The molecule has 0 N–H and O–H groups in total. The van der Waals surface area contributed by atoms with Crippen molar-refractivity contribution < 1.29 is 0 Å². The van der Waals surface area contributed by atoms with Crippen LogP contribution < -0.4 is 4.90 Å². The van der Waals surface area contributed by atoms with Crippen molar-refractivity contribution in [2.24, 2.45) is 0 Å². The van der Waals surface area contributed by atoms with Crippen LogP contribution in [0.5, 0.6) is 0 Å². The Labute approximate surface area is 148 Å². The SMILES string of the molecule is CCN(CCC[Si](C)(C1C=CC=C1)C1C=CC=C1)c1ccccc1. The molecule has 0 saturated heterocycles. The minimum Gasteiger partial charge on any atom is -0.372 e. The summed E-state index contributed by atoms with van der Waals surface area (Å²) >= 11 is 0. The van der Waals surface area contributed by atoms with Crippen molar-refractivity contribution in [3.63, 3.8) is 0 Å². The van der Waals surface area contributed by atoms with Gasteiger partial charge >= 0.3 is 0 Å². The first-order valence-corrected chi connectivity index (χ1v) is 12.1. The van der Waals surface area contributed by atoms with E-state index >= 15 is 0 Å². The zero-order valence-corrected chi connectivity index (χ0v) is 15.9. The Morgan fingerprint density at radius 3 is 1.92 bits per heavy atom. The molecule has 126 valence electrons. The number of hydrogen-bond donors (Lipinski definition) is 0. The monoisotopic (exact) mass is 335 g/mol. The fourth-order valence-electron chi connectivity index (χ4n) is 4.06. The standard InChI is InChI=1S/C22H29NSi/c1-3-23(20-12-5-4-6-13-20)18-11-19-24(2,21-14-7-8-15-21)22-16-9-10-17-22/h4-10,12-17,21-22H,3,11,18-19H2,1-2H3. The van der Waals surface area contributed by atoms with E-state index in [9.17, 15) is 0 Å². The molecule has 1 aromatic rings. The van der Waals surface area contributed by atoms with Gasteiger partial charge in [0.05, 0.1) is 8.07 Å². The highest BCUT2D eigenvalue weighted by Crippen LogP contribution is 2.44. The van der Waals surface area contributed by atoms with Crippen molar-refractivity contribution in [1.29, 1.82) is 0 Å². The van der Waals surface area contributed by atoms with Crippen molar-refractivity contribution in [2.45, 2.75) is 37.0 Å². The van der Waals surface area contributed by atoms with E-state index in [1.165, 1.54) is 18.2 Å². The van der Waals surface area contributed by atoms with Crippen LogP contribution in [-0.2, 0) is 0 Å². The van der Waals surface area contributed by atoms with Gasteiger partial charge in [-0.15, -0.1) is 0 Å². The van der Waals surface area contributed by atoms with Gasteiger partial charge in [0.15, 0.2) is 0 Å². The maximum absolute atomic E-state index is 2.60. The Hall–Kier alpha value is -1.80. The molecule has 0 unspecified atom stereocenters. The second-order valence-electron chi connectivity index (χ2n) is 7.12. The normalized spacial score (nSPS) is 17.2. The molecular weight excluding hydrogens is 306 g/mol. The molecule has 0 bridgehead atoms. The topological polar surface area (TPSA) is 3.24 Å². The van der Waals surface area contributed by atoms with Crippen LogP contribution in [0.25, 0.3) is 0 Å². The number of nitrogens with zero attached hydrogens (tertiary/aromatic N) is 1. The molecule has 3 rings (SSSR count). The summed E-state index contributed by atoms with van der Waals surface area (Å²) in [4.78, 5) is 2.51. The summed E-state index contributed by atoms with van der Waals surface area (Å²) < 4.78 is 0. The summed E-state index contributed by atoms with van der Waals surface area (Å²) in [6.45, 7) is 7.09. The molecule has 0 amide bonds. The Morgan fingerprint density at radius 2 is 1.42 bits per heavy atom. The summed E-state index contributed by atoms with van der Waals surface area (Å²) in [7, 11) is -1.44. The number of hydrogen-bond acceptors (Lipinski definition) is 1. The van der Waals surface area contributed by atoms with Gasteiger partial charge < -0.3 is 4.90 Å². The quantitative estimate of drug-likeness (QED) is 0.529. The molecule has 0 radical (unpaired) electrons. The third-order valence-electron chi connectivity index (χ3n) is 5.67. The molecule has 2 heteroatoms. The molecule has 24 heavy (non-hydrogen) atoms. The van der Waals surface area contributed by atoms with Crippen LogP contribution in [0.3, 0.4) is 0 Å². The Balaban J connectivity index is 1.65. The Morgan fingerprint density at radius 1 is 0.875 bits per heavy atom. The van der Waals surface area contributed by atoms with Crippen molar-refractivity contribution in [3.05, 3.63) is 78.9 Å². The number of benzene rings is 1. The first-order valence-electron chi connectivity index (χ1n) is 9.24. The molecule has 1 aromatic carbocycles. The first-order chi connectivity index (χ1) is 11.7. The van der Waals surface area contributed by atoms with Gasteiger partial charge in [0, 0.05) is 18.8 Å². The van der Waals surface area contributed by atoms with Crippen LogP contribution in [0.1, 0.15) is 13.3 Å². The smallest absolute Gasteiger partial charge is 0.0729 e. The van der Waals surface area contributed by atoms with Crippen LogP contribution in [0.4, 0.5) is 5.69 Å². The van der Waals surface area contributed by atoms with E-state index in [0.717, 1.165) is 13.1 Å². The molecule has 0 spiro atoms. The molecule has 0 saturated carbocycles. The van der Waals surface area contributed by atoms with E-state index in [4.69, 9.17) is 0 Å².